The van der Waals surface area contributed by atoms with E-state index in [1.165, 1.54) is 6.33 Å². The number of fused-ring (bicyclic) bond motifs is 2. The largest absolute Gasteiger partial charge is 0.466 e. The van der Waals surface area contributed by atoms with Gasteiger partial charge in [0.15, 0.2) is 0 Å². The van der Waals surface area contributed by atoms with Crippen LogP contribution in [0.5, 0.6) is 0 Å². The van der Waals surface area contributed by atoms with Crippen molar-refractivity contribution in [3.05, 3.63) is 23.3 Å². The van der Waals surface area contributed by atoms with Gasteiger partial charge >= 0.3 is 5.97 Å². The van der Waals surface area contributed by atoms with Crippen molar-refractivity contribution in [2.24, 2.45) is 5.41 Å². The molecule has 24 heavy (non-hydrogen) atoms. The smallest absolute Gasteiger partial charge is 0.314 e. The quantitative estimate of drug-likeness (QED) is 0.792. The highest BCUT2D eigenvalue weighted by atomic mass is 16.5. The van der Waals surface area contributed by atoms with Crippen LogP contribution in [0.4, 0.5) is 0 Å². The van der Waals surface area contributed by atoms with Crippen molar-refractivity contribution in [2.45, 2.75) is 65.5 Å². The van der Waals surface area contributed by atoms with Gasteiger partial charge < -0.3 is 9.64 Å². The summed E-state index contributed by atoms with van der Waals surface area (Å²) in [5.74, 6) is -0.201. The normalized spacial score (nSPS) is 28.2. The highest BCUT2D eigenvalue weighted by molar-refractivity contribution is 5.98. The molecule has 1 aromatic rings. The second-order valence-corrected chi connectivity index (χ2v) is 6.81. The second kappa shape index (κ2) is 6.15. The van der Waals surface area contributed by atoms with E-state index in [1.54, 1.807) is 0 Å². The summed E-state index contributed by atoms with van der Waals surface area (Å²) in [6.07, 6.45) is 4.68. The maximum Gasteiger partial charge on any atom is 0.314 e. The molecule has 1 aromatic heterocycles. The molecule has 0 spiro atoms. The number of rotatable bonds is 4. The number of carbonyl (C=O) groups is 2. The van der Waals surface area contributed by atoms with E-state index in [2.05, 4.69) is 9.97 Å². The molecule has 0 aliphatic carbocycles. The number of ether oxygens (including phenoxy) is 1. The Morgan fingerprint density at radius 3 is 2.50 bits per heavy atom. The molecule has 0 aromatic carbocycles. The molecule has 2 bridgehead atoms. The highest BCUT2D eigenvalue weighted by Gasteiger charge is 2.61. The van der Waals surface area contributed by atoms with E-state index in [0.717, 1.165) is 12.8 Å². The molecule has 3 atom stereocenters. The van der Waals surface area contributed by atoms with Crippen molar-refractivity contribution in [1.82, 2.24) is 14.9 Å². The summed E-state index contributed by atoms with van der Waals surface area (Å²) >= 11 is 0. The van der Waals surface area contributed by atoms with E-state index in [4.69, 9.17) is 4.74 Å². The van der Waals surface area contributed by atoms with Gasteiger partial charge in [-0.1, -0.05) is 6.92 Å². The molecule has 130 valence electrons. The van der Waals surface area contributed by atoms with Gasteiger partial charge in [-0.05, 0) is 46.5 Å². The zero-order chi connectivity index (χ0) is 17.5. The maximum absolute atomic E-state index is 13.2. The Labute approximate surface area is 142 Å². The van der Waals surface area contributed by atoms with Crippen LogP contribution in [0.3, 0.4) is 0 Å². The van der Waals surface area contributed by atoms with Crippen LogP contribution >= 0.6 is 0 Å². The van der Waals surface area contributed by atoms with Crippen molar-refractivity contribution in [2.75, 3.05) is 6.61 Å². The lowest BCUT2D eigenvalue weighted by Crippen LogP contribution is -2.46. The number of carbonyl (C=O) groups excluding carboxylic acids is 2. The van der Waals surface area contributed by atoms with Crippen LogP contribution in [0.25, 0.3) is 0 Å². The zero-order valence-electron chi connectivity index (χ0n) is 14.8. The van der Waals surface area contributed by atoms with E-state index < -0.39 is 5.41 Å². The van der Waals surface area contributed by atoms with E-state index >= 15 is 0 Å². The van der Waals surface area contributed by atoms with Crippen LogP contribution in [0.15, 0.2) is 6.33 Å². The van der Waals surface area contributed by atoms with E-state index in [-0.39, 0.29) is 24.0 Å². The van der Waals surface area contributed by atoms with Crippen LogP contribution in [-0.4, -0.2) is 45.4 Å². The zero-order valence-corrected chi connectivity index (χ0v) is 14.8. The van der Waals surface area contributed by atoms with Crippen LogP contribution in [0, 0.1) is 19.3 Å². The van der Waals surface area contributed by atoms with Crippen molar-refractivity contribution in [3.63, 3.8) is 0 Å². The molecule has 6 nitrogen and oxygen atoms in total. The Hall–Kier alpha value is -1.98. The monoisotopic (exact) mass is 331 g/mol. The lowest BCUT2D eigenvalue weighted by molar-refractivity contribution is -0.157. The molecule has 3 rings (SSSR count). The molecule has 1 amide bonds. The molecule has 2 fully saturated rings. The molecule has 3 heterocycles. The predicted octanol–water partition coefficient (Wildman–Crippen LogP) is 2.43. The topological polar surface area (TPSA) is 72.4 Å². The summed E-state index contributed by atoms with van der Waals surface area (Å²) in [7, 11) is 0. The van der Waals surface area contributed by atoms with Crippen molar-refractivity contribution < 1.29 is 14.3 Å². The van der Waals surface area contributed by atoms with Gasteiger partial charge in [0.25, 0.3) is 5.91 Å². The number of aromatic nitrogens is 2. The minimum absolute atomic E-state index is 0.0438. The predicted molar refractivity (Wildman–Crippen MR) is 88.5 cm³/mol. The van der Waals surface area contributed by atoms with Gasteiger partial charge in [0.2, 0.25) is 0 Å². The minimum atomic E-state index is -0.563. The maximum atomic E-state index is 13.2. The van der Waals surface area contributed by atoms with Gasteiger partial charge in [-0.15, -0.1) is 0 Å². The van der Waals surface area contributed by atoms with Gasteiger partial charge in [-0.3, -0.25) is 9.59 Å². The fraction of sp³-hybridized carbons (Fsp3) is 0.667. The average molecular weight is 331 g/mol. The lowest BCUT2D eigenvalue weighted by Gasteiger charge is -2.34. The Morgan fingerprint density at radius 2 is 1.92 bits per heavy atom. The van der Waals surface area contributed by atoms with Crippen molar-refractivity contribution in [1.29, 1.82) is 0 Å². The third-order valence-corrected chi connectivity index (χ3v) is 5.73. The van der Waals surface area contributed by atoms with Crippen LogP contribution in [-0.2, 0) is 9.53 Å². The Balaban J connectivity index is 1.96. The number of esters is 1. The van der Waals surface area contributed by atoms with Crippen LogP contribution in [0.1, 0.15) is 61.3 Å². The third kappa shape index (κ3) is 2.31. The lowest BCUT2D eigenvalue weighted by atomic mass is 9.72. The number of amides is 1. The Morgan fingerprint density at radius 1 is 1.25 bits per heavy atom. The molecular weight excluding hydrogens is 306 g/mol. The van der Waals surface area contributed by atoms with Crippen molar-refractivity contribution >= 4 is 11.9 Å². The van der Waals surface area contributed by atoms with E-state index in [0.29, 0.717) is 36.4 Å². The van der Waals surface area contributed by atoms with Gasteiger partial charge in [-0.25, -0.2) is 9.97 Å². The molecule has 2 aliphatic heterocycles. The standard InChI is InChI=1S/C18H25N3O3/c1-5-18(17(23)24-6-2)9-13-7-8-14(18)21(13)16(22)15-11(3)19-10-20-12(15)4/h10,13-14H,5-9H2,1-4H3/t13-,14+,18+/m1/s1. The molecule has 0 radical (unpaired) electrons. The molecule has 0 saturated carbocycles. The number of nitrogens with zero attached hydrogens (tertiary/aromatic N) is 3. The fourth-order valence-electron chi connectivity index (χ4n) is 4.54. The molecule has 0 N–H and O–H groups in total. The SMILES string of the molecule is CCOC(=O)[C@@]1(CC)C[C@H]2CC[C@@H]1N2C(=O)c1c(C)ncnc1C. The van der Waals surface area contributed by atoms with E-state index in [9.17, 15) is 9.59 Å². The summed E-state index contributed by atoms with van der Waals surface area (Å²) < 4.78 is 5.35. The first-order chi connectivity index (χ1) is 11.5. The Kier molecular flexibility index (Phi) is 4.32. The van der Waals surface area contributed by atoms with Crippen LogP contribution < -0.4 is 0 Å². The summed E-state index contributed by atoms with van der Waals surface area (Å²) in [4.78, 5) is 36.1. The molecule has 2 saturated heterocycles. The summed E-state index contributed by atoms with van der Waals surface area (Å²) in [6, 6.07) is 0.0175. The summed E-state index contributed by atoms with van der Waals surface area (Å²) in [5, 5.41) is 0. The second-order valence-electron chi connectivity index (χ2n) is 6.81. The summed E-state index contributed by atoms with van der Waals surface area (Å²) in [6.45, 7) is 7.88. The van der Waals surface area contributed by atoms with Crippen LogP contribution in [0.2, 0.25) is 0 Å². The first-order valence-corrected chi connectivity index (χ1v) is 8.74. The van der Waals surface area contributed by atoms with Gasteiger partial charge in [0.05, 0.1) is 29.0 Å². The van der Waals surface area contributed by atoms with Crippen molar-refractivity contribution in [3.8, 4) is 0 Å². The number of hydrogen-bond acceptors (Lipinski definition) is 5. The van der Waals surface area contributed by atoms with E-state index in [1.807, 2.05) is 32.6 Å². The first-order valence-electron chi connectivity index (χ1n) is 8.74. The van der Waals surface area contributed by atoms with Gasteiger partial charge in [0.1, 0.15) is 6.33 Å². The van der Waals surface area contributed by atoms with Gasteiger partial charge in [0, 0.05) is 12.1 Å². The average Bonchev–Trinajstić information content (AvgIpc) is 3.11. The molecule has 6 heteroatoms. The first kappa shape index (κ1) is 16.9. The minimum Gasteiger partial charge on any atom is -0.466 e. The molecule has 0 unspecified atom stereocenters. The number of hydrogen-bond donors (Lipinski definition) is 0. The third-order valence-electron chi connectivity index (χ3n) is 5.73. The molecule has 2 aliphatic rings. The molecular formula is C18H25N3O3. The Bertz CT molecular complexity index is 655. The summed E-state index contributed by atoms with van der Waals surface area (Å²) in [5.41, 5.74) is 1.39. The number of aryl methyl sites for hydroxylation is 2. The highest BCUT2D eigenvalue weighted by Crippen LogP contribution is 2.53. The fourth-order valence-corrected chi connectivity index (χ4v) is 4.54. The van der Waals surface area contributed by atoms with Gasteiger partial charge in [-0.2, -0.15) is 0 Å².